The molecule has 0 aliphatic rings. The summed E-state index contributed by atoms with van der Waals surface area (Å²) in [7, 11) is -0.877. The van der Waals surface area contributed by atoms with Gasteiger partial charge in [0.15, 0.2) is 0 Å². The summed E-state index contributed by atoms with van der Waals surface area (Å²) in [5.74, 6) is 2.35. The topological polar surface area (TPSA) is 0 Å². The largest absolute Gasteiger partial charge is 1.00 e. The van der Waals surface area contributed by atoms with Crippen molar-refractivity contribution >= 4 is 23.8 Å². The van der Waals surface area contributed by atoms with Crippen molar-refractivity contribution in [3.05, 3.63) is 97.4 Å². The van der Waals surface area contributed by atoms with Crippen LogP contribution in [0.25, 0.3) is 0 Å². The fourth-order valence-corrected chi connectivity index (χ4v) is 4.89. The van der Waals surface area contributed by atoms with Gasteiger partial charge in [0.2, 0.25) is 0 Å². The molecule has 3 aromatic carbocycles. The van der Waals surface area contributed by atoms with Crippen LogP contribution in [0, 0.1) is 17.8 Å². The van der Waals surface area contributed by atoms with Gasteiger partial charge < -0.3 is 12.3 Å². The minimum absolute atomic E-state index is 0. The third-order valence-corrected chi connectivity index (χ3v) is 6.29. The van der Waals surface area contributed by atoms with Crippen LogP contribution >= 0.6 is 7.92 Å². The number of rotatable bonds is 3. The van der Waals surface area contributed by atoms with Gasteiger partial charge in [-0.05, 0) is 41.8 Å². The number of hydrogen-bond donors (Lipinski definition) is 0. The summed E-state index contributed by atoms with van der Waals surface area (Å²) < 4.78 is 0. The van der Waals surface area contributed by atoms with E-state index in [9.17, 15) is 0 Å². The third kappa shape index (κ3) is 7.33. The van der Waals surface area contributed by atoms with Crippen LogP contribution in [0.3, 0.4) is 0 Å². The van der Waals surface area contributed by atoms with Gasteiger partial charge in [0.25, 0.3) is 0 Å². The van der Waals surface area contributed by atoms with Crippen molar-refractivity contribution in [2.75, 3.05) is 0 Å². The monoisotopic (exact) mass is 541 g/mol. The Morgan fingerprint density at radius 2 is 0.846 bits per heavy atom. The molecule has 0 N–H and O–H groups in total. The Bertz CT molecular complexity index is 690. The molecule has 0 saturated carbocycles. The molecule has 3 rings (SSSR count). The van der Waals surface area contributed by atoms with Crippen LogP contribution in [-0.2, 0) is 22.4 Å². The number of benzene rings is 3. The molecule has 0 spiro atoms. The Labute approximate surface area is 175 Å². The normalized spacial score (nSPS) is 10.1. The molecule has 0 nitrogen and oxygen atoms in total. The van der Waals surface area contributed by atoms with Crippen molar-refractivity contribution in [2.45, 2.75) is 20.8 Å². The van der Waals surface area contributed by atoms with E-state index >= 15 is 0 Å². The van der Waals surface area contributed by atoms with Gasteiger partial charge in [-0.1, -0.05) is 75.4 Å². The average molecular weight is 541 g/mol. The first-order valence-electron chi connectivity index (χ1n) is 8.48. The summed E-state index contributed by atoms with van der Waals surface area (Å²) in [4.78, 5) is 0. The minimum atomic E-state index is -0.877. The van der Waals surface area contributed by atoms with E-state index in [0.29, 0.717) is 0 Å². The van der Waals surface area contributed by atoms with E-state index in [1.807, 2.05) is 20.8 Å². The molecule has 0 atom stereocenters. The van der Waals surface area contributed by atoms with Crippen LogP contribution < -0.4 is 15.9 Å². The second-order valence-corrected chi connectivity index (χ2v) is 9.33. The first kappa shape index (κ1) is 22.4. The van der Waals surface area contributed by atoms with Gasteiger partial charge in [-0.2, -0.15) is 0 Å². The van der Waals surface area contributed by atoms with Gasteiger partial charge in [0.1, 0.15) is 15.9 Å². The first-order chi connectivity index (χ1) is 12.0. The Hall–Kier alpha value is -1.61. The fourth-order valence-electron chi connectivity index (χ4n) is 2.31. The van der Waals surface area contributed by atoms with Crippen molar-refractivity contribution in [1.82, 2.24) is 0 Å². The van der Waals surface area contributed by atoms with Gasteiger partial charge in [-0.25, -0.2) is 0 Å². The summed E-state index contributed by atoms with van der Waals surface area (Å²) >= 11 is 0. The molecule has 2 heteroatoms. The molecule has 0 fully saturated rings. The quantitative estimate of drug-likeness (QED) is 0.194. The van der Waals surface area contributed by atoms with Crippen molar-refractivity contribution in [1.29, 1.82) is 0 Å². The van der Waals surface area contributed by atoms with E-state index in [1.165, 1.54) is 15.9 Å². The molecule has 0 aliphatic heterocycles. The molecule has 26 heavy (non-hydrogen) atoms. The van der Waals surface area contributed by atoms with Gasteiger partial charge in [-0.3, -0.25) is 0 Å². The van der Waals surface area contributed by atoms with Crippen LogP contribution in [0.5, 0.6) is 0 Å². The van der Waals surface area contributed by atoms with E-state index in [-0.39, 0.29) is 27.8 Å². The maximum Gasteiger partial charge on any atom is 1.00 e. The van der Waals surface area contributed by atoms with Crippen LogP contribution in [0.4, 0.5) is 0 Å². The van der Waals surface area contributed by atoms with Crippen molar-refractivity contribution in [2.24, 2.45) is 5.41 Å². The Balaban J connectivity index is 0.000000422. The zero-order valence-electron chi connectivity index (χ0n) is 15.5. The van der Waals surface area contributed by atoms with E-state index in [4.69, 9.17) is 6.42 Å². The van der Waals surface area contributed by atoms with Crippen molar-refractivity contribution in [3.8, 4) is 5.92 Å². The SMILES string of the molecule is [Au+].[C-]#CC(C)(C)C.c1ccc([PH+](c2ccccc2)c2ccccc2)cc1. The molecule has 0 saturated heterocycles. The Morgan fingerprint density at radius 3 is 1.04 bits per heavy atom. The van der Waals surface area contributed by atoms with E-state index in [2.05, 4.69) is 96.9 Å². The predicted octanol–water partition coefficient (Wildman–Crippen LogP) is 4.80. The van der Waals surface area contributed by atoms with E-state index < -0.39 is 7.92 Å². The average Bonchev–Trinajstić information content (AvgIpc) is 2.65. The molecule has 0 aliphatic carbocycles. The molecule has 0 heterocycles. The zero-order chi connectivity index (χ0) is 18.1. The van der Waals surface area contributed by atoms with Crippen molar-refractivity contribution < 1.29 is 22.4 Å². The summed E-state index contributed by atoms with van der Waals surface area (Å²) in [5, 5.41) is 4.31. The summed E-state index contributed by atoms with van der Waals surface area (Å²) in [6.07, 6.45) is 6.60. The fraction of sp³-hybridized carbons (Fsp3) is 0.167. The second-order valence-electron chi connectivity index (χ2n) is 6.85. The van der Waals surface area contributed by atoms with Gasteiger partial charge in [0, 0.05) is 0 Å². The third-order valence-electron chi connectivity index (χ3n) is 3.56. The zero-order valence-corrected chi connectivity index (χ0v) is 18.6. The Kier molecular flexibility index (Phi) is 9.64. The molecule has 136 valence electrons. The molecule has 3 aromatic rings. The van der Waals surface area contributed by atoms with E-state index in [0.717, 1.165) is 0 Å². The maximum atomic E-state index is 6.60. The smallest absolute Gasteiger partial charge is 0.693 e. The summed E-state index contributed by atoms with van der Waals surface area (Å²) in [6, 6.07) is 32.5. The van der Waals surface area contributed by atoms with Crippen LogP contribution in [-0.4, -0.2) is 0 Å². The predicted molar refractivity (Wildman–Crippen MR) is 113 cm³/mol. The molecule has 0 amide bonds. The molecule has 0 bridgehead atoms. The maximum absolute atomic E-state index is 6.60. The summed E-state index contributed by atoms with van der Waals surface area (Å²) in [6.45, 7) is 5.83. The molecular formula is C24H25AuP+. The van der Waals surface area contributed by atoms with Crippen LogP contribution in [0.2, 0.25) is 0 Å². The molecular weight excluding hydrogens is 516 g/mol. The van der Waals surface area contributed by atoms with E-state index in [1.54, 1.807) is 0 Å². The first-order valence-corrected chi connectivity index (χ1v) is 9.98. The van der Waals surface area contributed by atoms with Crippen LogP contribution in [0.1, 0.15) is 20.8 Å². The van der Waals surface area contributed by atoms with Gasteiger partial charge in [-0.15, -0.1) is 0 Å². The second kappa shape index (κ2) is 11.2. The minimum Gasteiger partial charge on any atom is -0.693 e. The summed E-state index contributed by atoms with van der Waals surface area (Å²) in [5.41, 5.74) is -0.0417. The molecule has 0 aromatic heterocycles. The number of hydrogen-bond acceptors (Lipinski definition) is 0. The molecule has 0 radical (unpaired) electrons. The Morgan fingerprint density at radius 1 is 0.615 bits per heavy atom. The van der Waals surface area contributed by atoms with Crippen LogP contribution in [0.15, 0.2) is 91.0 Å². The molecule has 0 unspecified atom stereocenters. The standard InChI is InChI=1S/C18H15P.C6H9.Au/c1-4-10-16(11-5-1)19(17-12-6-2-7-13-17)18-14-8-3-9-15-18;1-5-6(2,3)4;/h1-15H;2-4H3;/q;-1;+1/p+1. The van der Waals surface area contributed by atoms with Crippen molar-refractivity contribution in [3.63, 3.8) is 0 Å². The van der Waals surface area contributed by atoms with Gasteiger partial charge in [0.05, 0.1) is 7.92 Å². The van der Waals surface area contributed by atoms with Gasteiger partial charge >= 0.3 is 22.4 Å².